The lowest BCUT2D eigenvalue weighted by atomic mass is 10.1. The maximum absolute atomic E-state index is 6.22. The zero-order valence-electron chi connectivity index (χ0n) is 11.4. The molecule has 0 radical (unpaired) electrons. The minimum Gasteiger partial charge on any atom is -0.483 e. The molecule has 0 aliphatic heterocycles. The average Bonchev–Trinajstić information content (AvgIpc) is 2.83. The number of rotatable bonds is 5. The summed E-state index contributed by atoms with van der Waals surface area (Å²) >= 11 is 11.0. The molecule has 0 bridgehead atoms. The summed E-state index contributed by atoms with van der Waals surface area (Å²) in [5.74, 6) is 0.853. The third-order valence-corrected chi connectivity index (χ3v) is 4.91. The molecule has 1 aromatic heterocycles. The van der Waals surface area contributed by atoms with Gasteiger partial charge in [0.2, 0.25) is 0 Å². The van der Waals surface area contributed by atoms with Crippen LogP contribution in [0.3, 0.4) is 0 Å². The van der Waals surface area contributed by atoms with Gasteiger partial charge in [-0.15, -0.1) is 11.3 Å². The average molecular weight is 375 g/mol. The molecule has 0 fully saturated rings. The monoisotopic (exact) mass is 373 g/mol. The minimum atomic E-state index is -0.169. The van der Waals surface area contributed by atoms with E-state index in [2.05, 4.69) is 22.9 Å². The molecule has 20 heavy (non-hydrogen) atoms. The predicted octanol–water partition coefficient (Wildman–Crippen LogP) is 5.33. The van der Waals surface area contributed by atoms with Crippen LogP contribution < -0.4 is 10.5 Å². The van der Waals surface area contributed by atoms with Gasteiger partial charge in [-0.25, -0.2) is 0 Å². The van der Waals surface area contributed by atoms with E-state index in [9.17, 15) is 0 Å². The molecule has 2 nitrogen and oxygen atoms in total. The number of thiophene rings is 1. The number of aryl methyl sites for hydroxylation is 1. The van der Waals surface area contributed by atoms with Gasteiger partial charge in [0, 0.05) is 15.4 Å². The second-order valence-electron chi connectivity index (χ2n) is 4.66. The fourth-order valence-electron chi connectivity index (χ4n) is 1.93. The minimum absolute atomic E-state index is 0.0623. The van der Waals surface area contributed by atoms with Crippen molar-refractivity contribution in [3.8, 4) is 5.75 Å². The van der Waals surface area contributed by atoms with E-state index in [4.69, 9.17) is 22.1 Å². The maximum Gasteiger partial charge on any atom is 0.148 e. The van der Waals surface area contributed by atoms with Crippen molar-refractivity contribution in [2.24, 2.45) is 5.73 Å². The van der Waals surface area contributed by atoms with Crippen molar-refractivity contribution in [3.05, 3.63) is 49.6 Å². The number of benzene rings is 1. The Bertz CT molecular complexity index is 587. The Kier molecular flexibility index (Phi) is 5.49. The molecule has 1 aromatic carbocycles. The van der Waals surface area contributed by atoms with Gasteiger partial charge in [-0.3, -0.25) is 0 Å². The zero-order valence-corrected chi connectivity index (χ0v) is 14.6. The van der Waals surface area contributed by atoms with Crippen LogP contribution in [0, 0.1) is 6.92 Å². The number of halogens is 2. The van der Waals surface area contributed by atoms with Crippen LogP contribution in [-0.4, -0.2) is 6.04 Å². The van der Waals surface area contributed by atoms with E-state index in [1.807, 2.05) is 37.3 Å². The number of nitrogens with two attached hydrogens (primary N) is 1. The lowest BCUT2D eigenvalue weighted by Crippen LogP contribution is -2.31. The molecular weight excluding hydrogens is 358 g/mol. The Morgan fingerprint density at radius 2 is 2.10 bits per heavy atom. The second-order valence-corrected chi connectivity index (χ2v) is 7.32. The largest absolute Gasteiger partial charge is 0.483 e. The first-order valence-corrected chi connectivity index (χ1v) is 8.43. The summed E-state index contributed by atoms with van der Waals surface area (Å²) in [7, 11) is 0. The van der Waals surface area contributed by atoms with Crippen molar-refractivity contribution in [1.82, 2.24) is 0 Å². The van der Waals surface area contributed by atoms with Gasteiger partial charge in [-0.1, -0.05) is 34.5 Å². The molecule has 0 aliphatic carbocycles. The van der Waals surface area contributed by atoms with Crippen molar-refractivity contribution >= 4 is 38.9 Å². The second kappa shape index (κ2) is 6.94. The summed E-state index contributed by atoms with van der Waals surface area (Å²) in [4.78, 5) is 1.06. The normalized spacial score (nSPS) is 14.1. The smallest absolute Gasteiger partial charge is 0.148 e. The Morgan fingerprint density at radius 1 is 1.35 bits per heavy atom. The maximum atomic E-state index is 6.22. The molecule has 0 saturated heterocycles. The quantitative estimate of drug-likeness (QED) is 0.767. The summed E-state index contributed by atoms with van der Waals surface area (Å²) in [5.41, 5.74) is 7.29. The Labute approximate surface area is 137 Å². The first-order chi connectivity index (χ1) is 9.51. The molecule has 2 rings (SSSR count). The fourth-order valence-corrected chi connectivity index (χ4v) is 3.58. The molecule has 2 atom stereocenters. The number of ether oxygens (including phenoxy) is 1. The highest BCUT2D eigenvalue weighted by Gasteiger charge is 2.23. The van der Waals surface area contributed by atoms with Crippen molar-refractivity contribution < 1.29 is 4.74 Å². The first kappa shape index (κ1) is 15.8. The molecule has 2 aromatic rings. The highest BCUT2D eigenvalue weighted by molar-refractivity contribution is 9.10. The van der Waals surface area contributed by atoms with E-state index in [1.165, 1.54) is 11.3 Å². The van der Waals surface area contributed by atoms with E-state index >= 15 is 0 Å². The van der Waals surface area contributed by atoms with Crippen LogP contribution in [-0.2, 0) is 0 Å². The molecule has 0 amide bonds. The standard InChI is InChI=1S/C15H17BrClNOS/c1-3-11(18)15(13-6-7-14(17)20-13)19-12-5-4-10(16)8-9(12)2/h4-8,11,15H,3,18H2,1-2H3. The molecule has 0 spiro atoms. The van der Waals surface area contributed by atoms with E-state index in [1.54, 1.807) is 0 Å². The summed E-state index contributed by atoms with van der Waals surface area (Å²) in [6.45, 7) is 4.08. The highest BCUT2D eigenvalue weighted by atomic mass is 79.9. The summed E-state index contributed by atoms with van der Waals surface area (Å²) < 4.78 is 7.95. The first-order valence-electron chi connectivity index (χ1n) is 6.45. The van der Waals surface area contributed by atoms with Gasteiger partial charge in [0.05, 0.1) is 4.34 Å². The van der Waals surface area contributed by atoms with Gasteiger partial charge in [-0.05, 0) is 49.2 Å². The summed E-state index contributed by atoms with van der Waals surface area (Å²) in [6.07, 6.45) is 0.674. The van der Waals surface area contributed by atoms with Crippen LogP contribution in [0.15, 0.2) is 34.8 Å². The van der Waals surface area contributed by atoms with Crippen LogP contribution >= 0.6 is 38.9 Å². The van der Waals surface area contributed by atoms with Crippen LogP contribution in [0.2, 0.25) is 4.34 Å². The van der Waals surface area contributed by atoms with Crippen molar-refractivity contribution in [3.63, 3.8) is 0 Å². The summed E-state index contributed by atoms with van der Waals surface area (Å²) in [6, 6.07) is 9.77. The van der Waals surface area contributed by atoms with Gasteiger partial charge in [-0.2, -0.15) is 0 Å². The molecule has 0 saturated carbocycles. The Hall–Kier alpha value is -0.550. The molecule has 2 unspecified atom stereocenters. The summed E-state index contributed by atoms with van der Waals surface area (Å²) in [5, 5.41) is 0. The third-order valence-electron chi connectivity index (χ3n) is 3.13. The van der Waals surface area contributed by atoms with Crippen LogP contribution in [0.4, 0.5) is 0 Å². The molecule has 108 valence electrons. The predicted molar refractivity (Wildman–Crippen MR) is 89.8 cm³/mol. The van der Waals surface area contributed by atoms with Crippen molar-refractivity contribution in [1.29, 1.82) is 0 Å². The van der Waals surface area contributed by atoms with E-state index in [0.717, 1.165) is 31.4 Å². The topological polar surface area (TPSA) is 35.2 Å². The molecule has 2 N–H and O–H groups in total. The van der Waals surface area contributed by atoms with Crippen LogP contribution in [0.25, 0.3) is 0 Å². The van der Waals surface area contributed by atoms with E-state index in [-0.39, 0.29) is 12.1 Å². The van der Waals surface area contributed by atoms with Crippen molar-refractivity contribution in [2.75, 3.05) is 0 Å². The molecular formula is C15H17BrClNOS. The van der Waals surface area contributed by atoms with E-state index < -0.39 is 0 Å². The van der Waals surface area contributed by atoms with Crippen LogP contribution in [0.1, 0.15) is 29.9 Å². The van der Waals surface area contributed by atoms with Gasteiger partial charge in [0.15, 0.2) is 0 Å². The molecule has 1 heterocycles. The Balaban J connectivity index is 2.28. The number of hydrogen-bond donors (Lipinski definition) is 1. The third kappa shape index (κ3) is 3.76. The van der Waals surface area contributed by atoms with Gasteiger partial charge in [0.1, 0.15) is 11.9 Å². The lowest BCUT2D eigenvalue weighted by molar-refractivity contribution is 0.173. The van der Waals surface area contributed by atoms with Gasteiger partial charge >= 0.3 is 0 Å². The molecule has 5 heteroatoms. The molecule has 0 aliphatic rings. The SMILES string of the molecule is CCC(N)C(Oc1ccc(Br)cc1C)c1ccc(Cl)s1. The highest BCUT2D eigenvalue weighted by Crippen LogP contribution is 2.34. The van der Waals surface area contributed by atoms with E-state index in [0.29, 0.717) is 0 Å². The fraction of sp³-hybridized carbons (Fsp3) is 0.333. The van der Waals surface area contributed by atoms with Gasteiger partial charge < -0.3 is 10.5 Å². The number of hydrogen-bond acceptors (Lipinski definition) is 3. The zero-order chi connectivity index (χ0) is 14.7. The lowest BCUT2D eigenvalue weighted by Gasteiger charge is -2.24. The Morgan fingerprint density at radius 3 is 2.65 bits per heavy atom. The van der Waals surface area contributed by atoms with Crippen LogP contribution in [0.5, 0.6) is 5.75 Å². The van der Waals surface area contributed by atoms with Crippen molar-refractivity contribution in [2.45, 2.75) is 32.4 Å². The van der Waals surface area contributed by atoms with Gasteiger partial charge in [0.25, 0.3) is 0 Å².